The van der Waals surface area contributed by atoms with Crippen LogP contribution >= 0.6 is 0 Å². The number of nitrogens with zero attached hydrogens (tertiary/aromatic N) is 3. The number of aromatic nitrogens is 4. The van der Waals surface area contributed by atoms with Crippen LogP contribution in [0.1, 0.15) is 17.7 Å². The first-order chi connectivity index (χ1) is 12.0. The molecule has 9 heteroatoms. The normalized spacial score (nSPS) is 11.0. The highest BCUT2D eigenvalue weighted by molar-refractivity contribution is 5.60. The van der Waals surface area contributed by atoms with Gasteiger partial charge in [0.25, 0.3) is 5.56 Å². The number of nitrogens with one attached hydrogen (secondary N) is 1. The SMILES string of the molecule is COc1ccccc1Cc1cn(C(F)F)nc1-c1cc(=O)[nH]c(N)n1. The summed E-state index contributed by atoms with van der Waals surface area (Å²) in [6.07, 6.45) is 1.51. The zero-order valence-corrected chi connectivity index (χ0v) is 13.2. The molecule has 25 heavy (non-hydrogen) atoms. The van der Waals surface area contributed by atoms with E-state index in [0.29, 0.717) is 16.0 Å². The van der Waals surface area contributed by atoms with Crippen molar-refractivity contribution in [3.63, 3.8) is 0 Å². The lowest BCUT2D eigenvalue weighted by Gasteiger charge is -2.08. The van der Waals surface area contributed by atoms with Crippen molar-refractivity contribution in [2.75, 3.05) is 12.8 Å². The molecule has 0 fully saturated rings. The van der Waals surface area contributed by atoms with Crippen molar-refractivity contribution >= 4 is 5.95 Å². The van der Waals surface area contributed by atoms with E-state index in [9.17, 15) is 13.6 Å². The number of halogens is 2. The van der Waals surface area contributed by atoms with Gasteiger partial charge in [-0.2, -0.15) is 13.9 Å². The molecule has 2 aromatic heterocycles. The van der Waals surface area contributed by atoms with Gasteiger partial charge in [0.15, 0.2) is 0 Å². The van der Waals surface area contributed by atoms with Gasteiger partial charge >= 0.3 is 6.55 Å². The molecule has 0 aliphatic rings. The lowest BCUT2D eigenvalue weighted by molar-refractivity contribution is 0.0567. The summed E-state index contributed by atoms with van der Waals surface area (Å²) in [5.41, 5.74) is 6.62. The molecule has 0 saturated heterocycles. The topological polar surface area (TPSA) is 98.8 Å². The summed E-state index contributed by atoms with van der Waals surface area (Å²) in [6, 6.07) is 8.39. The number of hydrogen-bond donors (Lipinski definition) is 2. The van der Waals surface area contributed by atoms with Crippen LogP contribution in [0.5, 0.6) is 5.75 Å². The van der Waals surface area contributed by atoms with Crippen LogP contribution in [0.2, 0.25) is 0 Å². The average molecular weight is 347 g/mol. The average Bonchev–Trinajstić information content (AvgIpc) is 2.99. The zero-order valence-electron chi connectivity index (χ0n) is 13.2. The minimum Gasteiger partial charge on any atom is -0.496 e. The van der Waals surface area contributed by atoms with E-state index in [1.165, 1.54) is 19.4 Å². The van der Waals surface area contributed by atoms with E-state index < -0.39 is 12.1 Å². The van der Waals surface area contributed by atoms with Crippen LogP contribution < -0.4 is 16.0 Å². The molecule has 0 atom stereocenters. The first kappa shape index (κ1) is 16.6. The molecule has 0 amide bonds. The Balaban J connectivity index is 2.10. The Morgan fingerprint density at radius 3 is 2.76 bits per heavy atom. The molecule has 0 radical (unpaired) electrons. The van der Waals surface area contributed by atoms with Crippen LogP contribution in [-0.2, 0) is 6.42 Å². The van der Waals surface area contributed by atoms with Crippen molar-refractivity contribution in [3.05, 3.63) is 58.0 Å². The number of benzene rings is 1. The number of methoxy groups -OCH3 is 1. The van der Waals surface area contributed by atoms with Gasteiger partial charge in [-0.15, -0.1) is 0 Å². The Hall–Kier alpha value is -3.23. The number of hydrogen-bond acceptors (Lipinski definition) is 5. The Morgan fingerprint density at radius 2 is 2.08 bits per heavy atom. The molecule has 0 bridgehead atoms. The number of para-hydroxylation sites is 1. The standard InChI is InChI=1S/C16H15F2N5O2/c1-25-12-5-3-2-4-9(12)6-10-8-23(15(17)18)22-14(10)11-7-13(24)21-16(19)20-11/h2-5,7-8,15H,6H2,1H3,(H3,19,20,21,24). The molecule has 3 aromatic rings. The van der Waals surface area contributed by atoms with Gasteiger partial charge in [0.1, 0.15) is 17.1 Å². The minimum absolute atomic E-state index is 0.114. The molecule has 3 N–H and O–H groups in total. The summed E-state index contributed by atoms with van der Waals surface area (Å²) >= 11 is 0. The Kier molecular flexibility index (Phi) is 4.46. The van der Waals surface area contributed by atoms with E-state index >= 15 is 0 Å². The van der Waals surface area contributed by atoms with Crippen LogP contribution in [0, 0.1) is 0 Å². The van der Waals surface area contributed by atoms with Crippen LogP contribution in [0.25, 0.3) is 11.4 Å². The number of aromatic amines is 1. The number of anilines is 1. The van der Waals surface area contributed by atoms with E-state index in [4.69, 9.17) is 10.5 Å². The first-order valence-corrected chi connectivity index (χ1v) is 7.33. The van der Waals surface area contributed by atoms with Gasteiger partial charge in [-0.1, -0.05) is 18.2 Å². The smallest absolute Gasteiger partial charge is 0.333 e. The van der Waals surface area contributed by atoms with Crippen molar-refractivity contribution in [2.24, 2.45) is 0 Å². The van der Waals surface area contributed by atoms with Gasteiger partial charge in [-0.05, 0) is 11.6 Å². The molecule has 0 spiro atoms. The molecule has 0 aliphatic carbocycles. The molecule has 0 unspecified atom stereocenters. The highest BCUT2D eigenvalue weighted by Crippen LogP contribution is 2.28. The third-order valence-corrected chi connectivity index (χ3v) is 3.58. The van der Waals surface area contributed by atoms with E-state index in [0.717, 1.165) is 5.56 Å². The number of H-pyrrole nitrogens is 1. The Morgan fingerprint density at radius 1 is 1.32 bits per heavy atom. The zero-order chi connectivity index (χ0) is 18.0. The third-order valence-electron chi connectivity index (χ3n) is 3.58. The van der Waals surface area contributed by atoms with Gasteiger partial charge in [-0.3, -0.25) is 9.78 Å². The monoisotopic (exact) mass is 347 g/mol. The molecule has 0 saturated carbocycles. The number of nitrogens with two attached hydrogens (primary N) is 1. The van der Waals surface area contributed by atoms with Gasteiger partial charge in [0.05, 0.1) is 7.11 Å². The van der Waals surface area contributed by atoms with Crippen LogP contribution in [0.3, 0.4) is 0 Å². The van der Waals surface area contributed by atoms with Crippen molar-refractivity contribution in [3.8, 4) is 17.1 Å². The fourth-order valence-electron chi connectivity index (χ4n) is 2.53. The number of nitrogen functional groups attached to an aromatic ring is 1. The first-order valence-electron chi connectivity index (χ1n) is 7.33. The van der Waals surface area contributed by atoms with Gasteiger partial charge in [0.2, 0.25) is 5.95 Å². The lowest BCUT2D eigenvalue weighted by Crippen LogP contribution is -2.11. The summed E-state index contributed by atoms with van der Waals surface area (Å²) in [6.45, 7) is -2.82. The fraction of sp³-hybridized carbons (Fsp3) is 0.188. The van der Waals surface area contributed by atoms with Crippen molar-refractivity contribution < 1.29 is 13.5 Å². The second kappa shape index (κ2) is 6.71. The minimum atomic E-state index is -2.82. The molecule has 0 aliphatic heterocycles. The number of alkyl halides is 2. The second-order valence-corrected chi connectivity index (χ2v) is 5.27. The maximum absolute atomic E-state index is 13.1. The largest absolute Gasteiger partial charge is 0.496 e. The fourth-order valence-corrected chi connectivity index (χ4v) is 2.53. The van der Waals surface area contributed by atoms with E-state index in [2.05, 4.69) is 15.1 Å². The molecule has 2 heterocycles. The maximum atomic E-state index is 13.1. The van der Waals surface area contributed by atoms with Crippen molar-refractivity contribution in [1.82, 2.24) is 19.7 Å². The van der Waals surface area contributed by atoms with Gasteiger partial charge < -0.3 is 10.5 Å². The molecule has 1 aromatic carbocycles. The Bertz CT molecular complexity index is 952. The van der Waals surface area contributed by atoms with E-state index in [-0.39, 0.29) is 23.8 Å². The Labute approximate surface area is 141 Å². The van der Waals surface area contributed by atoms with E-state index in [1.807, 2.05) is 18.2 Å². The maximum Gasteiger partial charge on any atom is 0.333 e. The third kappa shape index (κ3) is 3.49. The summed E-state index contributed by atoms with van der Waals surface area (Å²) < 4.78 is 32.0. The predicted octanol–water partition coefficient (Wildman–Crippen LogP) is 2.21. The molecule has 130 valence electrons. The van der Waals surface area contributed by atoms with Crippen molar-refractivity contribution in [2.45, 2.75) is 13.0 Å². The molecule has 3 rings (SSSR count). The highest BCUT2D eigenvalue weighted by atomic mass is 19.3. The van der Waals surface area contributed by atoms with E-state index in [1.54, 1.807) is 6.07 Å². The quantitative estimate of drug-likeness (QED) is 0.737. The van der Waals surface area contributed by atoms with Gasteiger partial charge in [0, 0.05) is 24.2 Å². The summed E-state index contributed by atoms with van der Waals surface area (Å²) in [4.78, 5) is 17.9. The molecular weight excluding hydrogens is 332 g/mol. The summed E-state index contributed by atoms with van der Waals surface area (Å²) in [5.74, 6) is 0.508. The van der Waals surface area contributed by atoms with Gasteiger partial charge in [-0.25, -0.2) is 9.67 Å². The predicted molar refractivity (Wildman–Crippen MR) is 87.5 cm³/mol. The van der Waals surface area contributed by atoms with Crippen molar-refractivity contribution in [1.29, 1.82) is 0 Å². The summed E-state index contributed by atoms with van der Waals surface area (Å²) in [5, 5.41) is 3.87. The molecular formula is C16H15F2N5O2. The lowest BCUT2D eigenvalue weighted by atomic mass is 10.0. The summed E-state index contributed by atoms with van der Waals surface area (Å²) in [7, 11) is 1.53. The number of rotatable bonds is 5. The van der Waals surface area contributed by atoms with Crippen LogP contribution in [0.15, 0.2) is 41.3 Å². The molecule has 7 nitrogen and oxygen atoms in total. The highest BCUT2D eigenvalue weighted by Gasteiger charge is 2.19. The number of ether oxygens (including phenoxy) is 1. The second-order valence-electron chi connectivity index (χ2n) is 5.27. The van der Waals surface area contributed by atoms with Crippen LogP contribution in [-0.4, -0.2) is 26.9 Å². The van der Waals surface area contributed by atoms with Crippen LogP contribution in [0.4, 0.5) is 14.7 Å².